The molecule has 1 rings (SSSR count). The second-order valence-corrected chi connectivity index (χ2v) is 5.72. The molecule has 6 nitrogen and oxygen atoms in total. The highest BCUT2D eigenvalue weighted by Crippen LogP contribution is 2.31. The van der Waals surface area contributed by atoms with Crippen LogP contribution >= 0.6 is 0 Å². The molecule has 0 aliphatic rings. The maximum atomic E-state index is 6.14. The summed E-state index contributed by atoms with van der Waals surface area (Å²) in [7, 11) is 1.64. The molecule has 0 unspecified atom stereocenters. The van der Waals surface area contributed by atoms with Crippen LogP contribution in [-0.4, -0.2) is 42.6 Å². The van der Waals surface area contributed by atoms with Crippen molar-refractivity contribution < 1.29 is 14.0 Å². The lowest BCUT2D eigenvalue weighted by Gasteiger charge is -2.34. The van der Waals surface area contributed by atoms with Crippen molar-refractivity contribution in [1.82, 2.24) is 10.1 Å². The molecule has 0 fully saturated rings. The first-order chi connectivity index (χ1) is 8.79. The molecule has 0 atom stereocenters. The zero-order chi connectivity index (χ0) is 14.5. The van der Waals surface area contributed by atoms with Crippen LogP contribution < -0.4 is 5.73 Å². The summed E-state index contributed by atoms with van der Waals surface area (Å²) in [5, 5.41) is 3.96. The van der Waals surface area contributed by atoms with E-state index in [4.69, 9.17) is 19.7 Å². The second kappa shape index (κ2) is 6.45. The minimum atomic E-state index is -0.439. The first-order valence-corrected chi connectivity index (χ1v) is 6.47. The van der Waals surface area contributed by atoms with E-state index in [0.29, 0.717) is 38.0 Å². The minimum Gasteiger partial charge on any atom is -0.382 e. The van der Waals surface area contributed by atoms with Gasteiger partial charge in [0.25, 0.3) is 0 Å². The van der Waals surface area contributed by atoms with E-state index in [1.807, 2.05) is 27.7 Å². The Morgan fingerprint density at radius 3 is 2.42 bits per heavy atom. The quantitative estimate of drug-likeness (QED) is 0.717. The lowest BCUT2D eigenvalue weighted by atomic mass is 9.75. The van der Waals surface area contributed by atoms with Crippen LogP contribution in [0.15, 0.2) is 4.52 Å². The summed E-state index contributed by atoms with van der Waals surface area (Å²) in [4.78, 5) is 4.40. The smallest absolute Gasteiger partial charge is 0.234 e. The van der Waals surface area contributed by atoms with Gasteiger partial charge in [-0.1, -0.05) is 5.16 Å². The normalized spacial score (nSPS) is 12.9. The number of nitrogens with zero attached hydrogens (tertiary/aromatic N) is 2. The van der Waals surface area contributed by atoms with Crippen LogP contribution in [0.2, 0.25) is 0 Å². The lowest BCUT2D eigenvalue weighted by molar-refractivity contribution is 0.0714. The zero-order valence-corrected chi connectivity index (χ0v) is 12.5. The van der Waals surface area contributed by atoms with Crippen molar-refractivity contribution in [1.29, 1.82) is 0 Å². The Kier molecular flexibility index (Phi) is 5.46. The van der Waals surface area contributed by atoms with Crippen LogP contribution in [0.1, 0.15) is 39.4 Å². The summed E-state index contributed by atoms with van der Waals surface area (Å²) in [6.45, 7) is 9.61. The highest BCUT2D eigenvalue weighted by atomic mass is 16.5. The average Bonchev–Trinajstić information content (AvgIpc) is 2.76. The lowest BCUT2D eigenvalue weighted by Crippen LogP contribution is -2.50. The molecule has 2 N–H and O–H groups in total. The van der Waals surface area contributed by atoms with E-state index in [9.17, 15) is 0 Å². The number of methoxy groups -OCH3 is 1. The molecule has 0 aromatic carbocycles. The van der Waals surface area contributed by atoms with E-state index in [2.05, 4.69) is 10.1 Å². The fourth-order valence-corrected chi connectivity index (χ4v) is 1.29. The Balaban J connectivity index is 2.53. The summed E-state index contributed by atoms with van der Waals surface area (Å²) >= 11 is 0. The molecule has 0 amide bonds. The number of aromatic nitrogens is 2. The predicted octanol–water partition coefficient (Wildman–Crippen LogP) is 1.29. The number of hydrogen-bond acceptors (Lipinski definition) is 6. The van der Waals surface area contributed by atoms with Crippen LogP contribution in [0.25, 0.3) is 0 Å². The SMILES string of the molecule is COCCOCCc1noc(C(C)(C)C(C)(C)N)n1. The summed E-state index contributed by atoms with van der Waals surface area (Å²) in [6, 6.07) is 0. The summed E-state index contributed by atoms with van der Waals surface area (Å²) in [5.41, 5.74) is 5.32. The molecule has 0 saturated heterocycles. The molecule has 1 aromatic heterocycles. The Hall–Kier alpha value is -0.980. The van der Waals surface area contributed by atoms with E-state index in [0.717, 1.165) is 0 Å². The summed E-state index contributed by atoms with van der Waals surface area (Å²) in [5.74, 6) is 1.21. The van der Waals surface area contributed by atoms with Crippen molar-refractivity contribution in [3.05, 3.63) is 11.7 Å². The van der Waals surface area contributed by atoms with Crippen LogP contribution in [0.4, 0.5) is 0 Å². The van der Waals surface area contributed by atoms with Gasteiger partial charge < -0.3 is 19.7 Å². The van der Waals surface area contributed by atoms with Crippen LogP contribution in [0.3, 0.4) is 0 Å². The molecule has 6 heteroatoms. The molecule has 1 heterocycles. The topological polar surface area (TPSA) is 83.4 Å². The van der Waals surface area contributed by atoms with E-state index in [1.165, 1.54) is 0 Å². The van der Waals surface area contributed by atoms with Gasteiger partial charge in [0, 0.05) is 19.1 Å². The van der Waals surface area contributed by atoms with Gasteiger partial charge in [-0.25, -0.2) is 0 Å². The van der Waals surface area contributed by atoms with Crippen molar-refractivity contribution in [2.45, 2.75) is 45.1 Å². The highest BCUT2D eigenvalue weighted by molar-refractivity contribution is 5.10. The zero-order valence-electron chi connectivity index (χ0n) is 12.5. The average molecular weight is 271 g/mol. The van der Waals surface area contributed by atoms with Crippen molar-refractivity contribution in [3.8, 4) is 0 Å². The fourth-order valence-electron chi connectivity index (χ4n) is 1.29. The van der Waals surface area contributed by atoms with Crippen molar-refractivity contribution in [2.24, 2.45) is 5.73 Å². The maximum absolute atomic E-state index is 6.14. The van der Waals surface area contributed by atoms with Gasteiger partial charge in [0.05, 0.1) is 25.2 Å². The van der Waals surface area contributed by atoms with Crippen LogP contribution in [0, 0.1) is 0 Å². The van der Waals surface area contributed by atoms with E-state index in [1.54, 1.807) is 7.11 Å². The third-order valence-electron chi connectivity index (χ3n) is 3.52. The molecular weight excluding hydrogens is 246 g/mol. The van der Waals surface area contributed by atoms with Crippen molar-refractivity contribution >= 4 is 0 Å². The van der Waals surface area contributed by atoms with E-state index in [-0.39, 0.29) is 5.41 Å². The number of nitrogens with two attached hydrogens (primary N) is 1. The standard InChI is InChI=1S/C13H25N3O3/c1-12(2,13(3,4)14)11-15-10(16-19-11)6-7-18-9-8-17-5/h6-9,14H2,1-5H3. The Morgan fingerprint density at radius 2 is 1.84 bits per heavy atom. The largest absolute Gasteiger partial charge is 0.382 e. The van der Waals surface area contributed by atoms with E-state index < -0.39 is 5.54 Å². The van der Waals surface area contributed by atoms with Crippen LogP contribution in [0.5, 0.6) is 0 Å². The molecule has 1 aromatic rings. The van der Waals surface area contributed by atoms with Gasteiger partial charge in [0.2, 0.25) is 5.89 Å². The summed E-state index contributed by atoms with van der Waals surface area (Å²) < 4.78 is 15.6. The number of ether oxygens (including phenoxy) is 2. The molecule has 0 aliphatic heterocycles. The first kappa shape index (κ1) is 16.1. The van der Waals surface area contributed by atoms with Gasteiger partial charge >= 0.3 is 0 Å². The Bertz CT molecular complexity index is 383. The molecule has 19 heavy (non-hydrogen) atoms. The molecule has 0 bridgehead atoms. The van der Waals surface area contributed by atoms with Gasteiger partial charge in [0.1, 0.15) is 0 Å². The van der Waals surface area contributed by atoms with Gasteiger partial charge in [-0.05, 0) is 27.7 Å². The Morgan fingerprint density at radius 1 is 1.16 bits per heavy atom. The predicted molar refractivity (Wildman–Crippen MR) is 72.0 cm³/mol. The molecular formula is C13H25N3O3. The Labute approximate surface area is 114 Å². The number of hydrogen-bond donors (Lipinski definition) is 1. The van der Waals surface area contributed by atoms with Crippen LogP contribution in [-0.2, 0) is 21.3 Å². The molecule has 0 saturated carbocycles. The van der Waals surface area contributed by atoms with Gasteiger partial charge in [-0.15, -0.1) is 0 Å². The van der Waals surface area contributed by atoms with Crippen molar-refractivity contribution in [2.75, 3.05) is 26.9 Å². The minimum absolute atomic E-state index is 0.380. The van der Waals surface area contributed by atoms with Gasteiger partial charge in [-0.2, -0.15) is 4.98 Å². The first-order valence-electron chi connectivity index (χ1n) is 6.47. The van der Waals surface area contributed by atoms with Gasteiger partial charge in [0.15, 0.2) is 5.82 Å². The highest BCUT2D eigenvalue weighted by Gasteiger charge is 2.40. The fraction of sp³-hybridized carbons (Fsp3) is 0.846. The second-order valence-electron chi connectivity index (χ2n) is 5.72. The molecule has 0 spiro atoms. The maximum Gasteiger partial charge on any atom is 0.234 e. The molecule has 110 valence electrons. The molecule has 0 aliphatic carbocycles. The molecule has 0 radical (unpaired) electrons. The third kappa shape index (κ3) is 4.26. The summed E-state index contributed by atoms with van der Waals surface area (Å²) in [6.07, 6.45) is 0.619. The van der Waals surface area contributed by atoms with Gasteiger partial charge in [-0.3, -0.25) is 0 Å². The monoisotopic (exact) mass is 271 g/mol. The van der Waals surface area contributed by atoms with E-state index >= 15 is 0 Å². The number of rotatable bonds is 8. The third-order valence-corrected chi connectivity index (χ3v) is 3.52. The van der Waals surface area contributed by atoms with Crippen molar-refractivity contribution in [3.63, 3.8) is 0 Å².